The van der Waals surface area contributed by atoms with Crippen LogP contribution in [0.3, 0.4) is 0 Å². The molecule has 1 aromatic rings. The number of amides is 3. The minimum Gasteiger partial charge on any atom is -0.359 e. The van der Waals surface area contributed by atoms with Gasteiger partial charge in [0.15, 0.2) is 0 Å². The van der Waals surface area contributed by atoms with Crippen molar-refractivity contribution in [2.45, 2.75) is 93.0 Å². The number of rotatable bonds is 8. The van der Waals surface area contributed by atoms with E-state index < -0.39 is 29.6 Å². The molecule has 8 nitrogen and oxygen atoms in total. The van der Waals surface area contributed by atoms with Crippen LogP contribution in [0.15, 0.2) is 41.3 Å². The summed E-state index contributed by atoms with van der Waals surface area (Å²) in [6.45, 7) is 4.42. The number of thioether (sulfide) groups is 1. The van der Waals surface area contributed by atoms with Gasteiger partial charge in [0.2, 0.25) is 17.7 Å². The molecular weight excluding hydrogens is 524 g/mol. The Kier molecular flexibility index (Phi) is 7.98. The Morgan fingerprint density at radius 2 is 1.88 bits per heavy atom. The summed E-state index contributed by atoms with van der Waals surface area (Å²) in [5.41, 5.74) is -0.414. The number of carbonyl (C=O) groups excluding carboxylic acids is 3. The van der Waals surface area contributed by atoms with E-state index in [1.54, 1.807) is 16.7 Å². The highest BCUT2D eigenvalue weighted by atomic mass is 32.2. The average Bonchev–Trinajstić information content (AvgIpc) is 3.60. The molecule has 9 heteroatoms. The summed E-state index contributed by atoms with van der Waals surface area (Å²) in [5.74, 6) is -1.91. The molecule has 4 aliphatic heterocycles. The van der Waals surface area contributed by atoms with Gasteiger partial charge in [-0.2, -0.15) is 0 Å². The van der Waals surface area contributed by atoms with E-state index in [9.17, 15) is 14.4 Å². The Morgan fingerprint density at radius 3 is 2.65 bits per heavy atom. The molecular formula is C31H42N4O4S. The van der Waals surface area contributed by atoms with E-state index in [1.165, 1.54) is 12.8 Å². The topological polar surface area (TPSA) is 91.0 Å². The van der Waals surface area contributed by atoms with Gasteiger partial charge in [0.05, 0.1) is 17.9 Å². The second-order valence-electron chi connectivity index (χ2n) is 12.2. The Bertz CT molecular complexity index is 1170. The number of ether oxygens (including phenoxy) is 1. The van der Waals surface area contributed by atoms with Crippen molar-refractivity contribution in [3.8, 4) is 0 Å². The van der Waals surface area contributed by atoms with Gasteiger partial charge in [0, 0.05) is 35.8 Å². The van der Waals surface area contributed by atoms with Gasteiger partial charge in [-0.1, -0.05) is 43.9 Å². The van der Waals surface area contributed by atoms with Crippen LogP contribution in [-0.4, -0.2) is 83.2 Å². The van der Waals surface area contributed by atoms with Crippen LogP contribution in [0, 0.1) is 11.8 Å². The Hall–Kier alpha value is -2.36. The van der Waals surface area contributed by atoms with Gasteiger partial charge in [-0.25, -0.2) is 0 Å². The van der Waals surface area contributed by atoms with Crippen LogP contribution in [0.4, 0.5) is 5.69 Å². The van der Waals surface area contributed by atoms with Gasteiger partial charge in [-0.15, -0.1) is 11.8 Å². The standard InChI is InChI=1S/C31H42N4O4S/c1-20-9-6-7-16-34(20)17-18-35-27(29(37)32-21-10-4-3-5-11-21)31-15-14-24(39-31)25(26(31)30(35)38)28(36)33-22-12-8-13-23(19-22)40-2/h8,12-15,19-21,24-27H,3-7,9-11,16-18H2,1-2H3,(H,32,37)(H,33,36). The molecule has 40 heavy (non-hydrogen) atoms. The molecule has 0 aromatic heterocycles. The molecule has 1 aromatic carbocycles. The van der Waals surface area contributed by atoms with Crippen LogP contribution >= 0.6 is 11.8 Å². The average molecular weight is 567 g/mol. The van der Waals surface area contributed by atoms with Crippen molar-refractivity contribution in [1.29, 1.82) is 0 Å². The summed E-state index contributed by atoms with van der Waals surface area (Å²) >= 11 is 1.61. The first-order valence-electron chi connectivity index (χ1n) is 15.1. The third kappa shape index (κ3) is 4.98. The highest BCUT2D eigenvalue weighted by Gasteiger charge is 2.72. The third-order valence-electron chi connectivity index (χ3n) is 9.78. The Balaban J connectivity index is 1.27. The summed E-state index contributed by atoms with van der Waals surface area (Å²) < 4.78 is 6.52. The molecule has 6 atom stereocenters. The number of benzene rings is 1. The molecule has 5 aliphatic rings. The molecule has 6 rings (SSSR count). The van der Waals surface area contributed by atoms with Crippen molar-refractivity contribution in [3.63, 3.8) is 0 Å². The van der Waals surface area contributed by atoms with Gasteiger partial charge >= 0.3 is 0 Å². The maximum absolute atomic E-state index is 14.2. The fourth-order valence-corrected chi connectivity index (χ4v) is 8.15. The summed E-state index contributed by atoms with van der Waals surface area (Å²) in [5, 5.41) is 6.32. The minimum absolute atomic E-state index is 0.126. The van der Waals surface area contributed by atoms with Crippen LogP contribution in [-0.2, 0) is 19.1 Å². The smallest absolute Gasteiger partial charge is 0.246 e. The van der Waals surface area contributed by atoms with E-state index in [2.05, 4.69) is 22.5 Å². The number of likely N-dealkylation sites (tertiary alicyclic amines) is 2. The zero-order chi connectivity index (χ0) is 27.9. The molecule has 1 spiro atoms. The van der Waals surface area contributed by atoms with Crippen molar-refractivity contribution < 1.29 is 19.1 Å². The minimum atomic E-state index is -1.11. The van der Waals surface area contributed by atoms with E-state index in [-0.39, 0.29) is 23.8 Å². The first-order valence-corrected chi connectivity index (χ1v) is 16.3. The molecule has 6 unspecified atom stereocenters. The largest absolute Gasteiger partial charge is 0.359 e. The predicted octanol–water partition coefficient (Wildman–Crippen LogP) is 3.82. The number of fused-ring (bicyclic) bond motifs is 1. The van der Waals surface area contributed by atoms with Crippen molar-refractivity contribution in [2.24, 2.45) is 11.8 Å². The van der Waals surface area contributed by atoms with E-state index in [1.807, 2.05) is 42.7 Å². The number of anilines is 1. The molecule has 2 bridgehead atoms. The summed E-state index contributed by atoms with van der Waals surface area (Å²) in [7, 11) is 0. The van der Waals surface area contributed by atoms with Gasteiger partial charge in [0.1, 0.15) is 11.6 Å². The fraction of sp³-hybridized carbons (Fsp3) is 0.645. The number of hydrogen-bond acceptors (Lipinski definition) is 6. The number of piperidine rings is 1. The first kappa shape index (κ1) is 27.8. The molecule has 3 amide bonds. The van der Waals surface area contributed by atoms with E-state index in [0.717, 1.165) is 50.0 Å². The van der Waals surface area contributed by atoms with Crippen molar-refractivity contribution >= 4 is 35.2 Å². The first-order chi connectivity index (χ1) is 19.4. The molecule has 0 radical (unpaired) electrons. The fourth-order valence-electron chi connectivity index (χ4n) is 7.69. The van der Waals surface area contributed by atoms with Crippen LogP contribution in [0.25, 0.3) is 0 Å². The normalized spacial score (nSPS) is 33.8. The maximum Gasteiger partial charge on any atom is 0.246 e. The lowest BCUT2D eigenvalue weighted by atomic mass is 9.74. The summed E-state index contributed by atoms with van der Waals surface area (Å²) in [6.07, 6.45) is 14.2. The number of hydrogen-bond donors (Lipinski definition) is 2. The zero-order valence-corrected chi connectivity index (χ0v) is 24.5. The summed E-state index contributed by atoms with van der Waals surface area (Å²) in [6, 6.07) is 7.52. The number of carbonyl (C=O) groups is 3. The highest BCUT2D eigenvalue weighted by molar-refractivity contribution is 7.98. The van der Waals surface area contributed by atoms with Crippen LogP contribution in [0.1, 0.15) is 58.3 Å². The van der Waals surface area contributed by atoms with Crippen LogP contribution in [0.2, 0.25) is 0 Å². The lowest BCUT2D eigenvalue weighted by molar-refractivity contribution is -0.141. The van der Waals surface area contributed by atoms with Crippen molar-refractivity contribution in [3.05, 3.63) is 36.4 Å². The second-order valence-corrected chi connectivity index (χ2v) is 13.1. The highest BCUT2D eigenvalue weighted by Crippen LogP contribution is 2.55. The van der Waals surface area contributed by atoms with Gasteiger partial charge in [-0.05, 0) is 63.6 Å². The van der Waals surface area contributed by atoms with Crippen molar-refractivity contribution in [1.82, 2.24) is 15.1 Å². The molecule has 216 valence electrons. The van der Waals surface area contributed by atoms with E-state index >= 15 is 0 Å². The Morgan fingerprint density at radius 1 is 1.07 bits per heavy atom. The van der Waals surface area contributed by atoms with E-state index in [4.69, 9.17) is 4.74 Å². The quantitative estimate of drug-likeness (QED) is 0.367. The zero-order valence-electron chi connectivity index (χ0n) is 23.6. The third-order valence-corrected chi connectivity index (χ3v) is 10.5. The number of nitrogens with zero attached hydrogens (tertiary/aromatic N) is 2. The van der Waals surface area contributed by atoms with Gasteiger partial charge in [-0.3, -0.25) is 19.3 Å². The molecule has 4 fully saturated rings. The van der Waals surface area contributed by atoms with Gasteiger partial charge in [0.25, 0.3) is 0 Å². The van der Waals surface area contributed by atoms with Crippen LogP contribution < -0.4 is 10.6 Å². The molecule has 1 saturated carbocycles. The lowest BCUT2D eigenvalue weighted by Crippen LogP contribution is -2.57. The Labute approximate surface area is 241 Å². The monoisotopic (exact) mass is 566 g/mol. The summed E-state index contributed by atoms with van der Waals surface area (Å²) in [4.78, 5) is 47.2. The van der Waals surface area contributed by atoms with E-state index in [0.29, 0.717) is 24.8 Å². The molecule has 1 aliphatic carbocycles. The van der Waals surface area contributed by atoms with Gasteiger partial charge < -0.3 is 20.3 Å². The molecule has 3 saturated heterocycles. The maximum atomic E-state index is 14.2. The number of nitrogens with one attached hydrogen (secondary N) is 2. The van der Waals surface area contributed by atoms with Crippen molar-refractivity contribution in [2.75, 3.05) is 31.2 Å². The predicted molar refractivity (Wildman–Crippen MR) is 156 cm³/mol. The lowest BCUT2D eigenvalue weighted by Gasteiger charge is -2.37. The van der Waals surface area contributed by atoms with Crippen LogP contribution in [0.5, 0.6) is 0 Å². The molecule has 4 heterocycles. The molecule has 2 N–H and O–H groups in total. The second kappa shape index (κ2) is 11.5. The SMILES string of the molecule is CSc1cccc(NC(=O)C2C3C=CC4(O3)C2C(=O)N(CCN2CCCCC2C)C4C(=O)NC2CCCCC2)c1.